The highest BCUT2D eigenvalue weighted by molar-refractivity contribution is 8.00. The maximum atomic E-state index is 12.8. The van der Waals surface area contributed by atoms with Crippen LogP contribution in [0.1, 0.15) is 50.2 Å². The minimum atomic E-state index is 0.00987. The molecule has 3 heterocycles. The molecule has 2 fully saturated rings. The van der Waals surface area contributed by atoms with Crippen LogP contribution in [0, 0.1) is 0 Å². The van der Waals surface area contributed by atoms with Crippen LogP contribution in [0.15, 0.2) is 16.5 Å². The van der Waals surface area contributed by atoms with Crippen LogP contribution < -0.4 is 0 Å². The van der Waals surface area contributed by atoms with E-state index in [1.54, 1.807) is 16.7 Å². The second-order valence-electron chi connectivity index (χ2n) is 6.18. The molecule has 2 saturated heterocycles. The second kappa shape index (κ2) is 7.43. The highest BCUT2D eigenvalue weighted by atomic mass is 32.2. The van der Waals surface area contributed by atoms with E-state index in [9.17, 15) is 9.59 Å². The molecule has 0 bridgehead atoms. The molecule has 0 aliphatic carbocycles. The van der Waals surface area contributed by atoms with Crippen LogP contribution in [0.25, 0.3) is 0 Å². The normalized spacial score (nSPS) is 22.5. The molecule has 2 amide bonds. The summed E-state index contributed by atoms with van der Waals surface area (Å²) in [5.41, 5.74) is 0. The first-order chi connectivity index (χ1) is 11.2. The largest absolute Gasteiger partial charge is 0.464 e. The van der Waals surface area contributed by atoms with Crippen molar-refractivity contribution < 1.29 is 14.0 Å². The van der Waals surface area contributed by atoms with Crippen LogP contribution in [0.3, 0.4) is 0 Å². The van der Waals surface area contributed by atoms with Crippen LogP contribution in [-0.2, 0) is 16.0 Å². The van der Waals surface area contributed by atoms with Gasteiger partial charge in [-0.2, -0.15) is 0 Å². The van der Waals surface area contributed by atoms with Gasteiger partial charge in [0.15, 0.2) is 0 Å². The van der Waals surface area contributed by atoms with Crippen LogP contribution in [0.2, 0.25) is 0 Å². The first kappa shape index (κ1) is 16.4. The Kier molecular flexibility index (Phi) is 5.30. The Bertz CT molecular complexity index is 572. The Labute approximate surface area is 141 Å². The maximum absolute atomic E-state index is 12.8. The topological polar surface area (TPSA) is 53.8 Å². The van der Waals surface area contributed by atoms with E-state index < -0.39 is 0 Å². The molecule has 3 rings (SSSR count). The van der Waals surface area contributed by atoms with Gasteiger partial charge in [-0.15, -0.1) is 11.8 Å². The number of furan rings is 1. The Balaban J connectivity index is 1.75. The summed E-state index contributed by atoms with van der Waals surface area (Å²) in [6.07, 6.45) is 5.06. The standard InChI is InChI=1S/C17H24N2O3S/c1-2-13-7-8-15(22-13)14-6-4-3-5-9-19(14)16(20)10-18-12-23-11-17(18)21/h7-8,14H,2-6,9-12H2,1H3/t14-/m1/s1. The quantitative estimate of drug-likeness (QED) is 0.848. The predicted octanol–water partition coefficient (Wildman–Crippen LogP) is 2.82. The molecule has 1 aromatic heterocycles. The van der Waals surface area contributed by atoms with Crippen molar-refractivity contribution in [2.45, 2.75) is 45.1 Å². The van der Waals surface area contributed by atoms with Gasteiger partial charge in [-0.3, -0.25) is 9.59 Å². The Hall–Kier alpha value is -1.43. The van der Waals surface area contributed by atoms with Gasteiger partial charge in [0, 0.05) is 13.0 Å². The van der Waals surface area contributed by atoms with E-state index in [2.05, 4.69) is 6.92 Å². The number of carbonyl (C=O) groups is 2. The molecule has 0 saturated carbocycles. The number of nitrogens with zero attached hydrogens (tertiary/aromatic N) is 2. The van der Waals surface area contributed by atoms with E-state index >= 15 is 0 Å². The summed E-state index contributed by atoms with van der Waals surface area (Å²) >= 11 is 1.57. The molecular formula is C17H24N2O3S. The minimum Gasteiger partial charge on any atom is -0.464 e. The molecule has 2 aliphatic heterocycles. The van der Waals surface area contributed by atoms with Crippen molar-refractivity contribution >= 4 is 23.6 Å². The fraction of sp³-hybridized carbons (Fsp3) is 0.647. The van der Waals surface area contributed by atoms with Gasteiger partial charge >= 0.3 is 0 Å². The molecule has 0 aromatic carbocycles. The number of hydrogen-bond donors (Lipinski definition) is 0. The van der Waals surface area contributed by atoms with E-state index in [-0.39, 0.29) is 24.4 Å². The molecule has 1 atom stereocenters. The molecule has 0 N–H and O–H groups in total. The van der Waals surface area contributed by atoms with Crippen molar-refractivity contribution in [2.24, 2.45) is 0 Å². The smallest absolute Gasteiger partial charge is 0.242 e. The second-order valence-corrected chi connectivity index (χ2v) is 7.13. The Morgan fingerprint density at radius 1 is 1.35 bits per heavy atom. The number of rotatable bonds is 4. The molecule has 0 unspecified atom stereocenters. The lowest BCUT2D eigenvalue weighted by atomic mass is 10.1. The van der Waals surface area contributed by atoms with Crippen LogP contribution in [0.5, 0.6) is 0 Å². The number of aryl methyl sites for hydroxylation is 1. The average molecular weight is 336 g/mol. The number of likely N-dealkylation sites (tertiary alicyclic amines) is 1. The summed E-state index contributed by atoms with van der Waals surface area (Å²) in [5.74, 6) is 3.09. The summed E-state index contributed by atoms with van der Waals surface area (Å²) in [5, 5.41) is 0. The van der Waals surface area contributed by atoms with Crippen molar-refractivity contribution in [3.05, 3.63) is 23.7 Å². The number of carbonyl (C=O) groups excluding carboxylic acids is 2. The van der Waals surface area contributed by atoms with Crippen LogP contribution >= 0.6 is 11.8 Å². The lowest BCUT2D eigenvalue weighted by molar-refractivity contribution is -0.140. The van der Waals surface area contributed by atoms with Crippen molar-refractivity contribution in [2.75, 3.05) is 24.7 Å². The van der Waals surface area contributed by atoms with Crippen LogP contribution in [0.4, 0.5) is 0 Å². The summed E-state index contributed by atoms with van der Waals surface area (Å²) in [7, 11) is 0. The van der Waals surface area contributed by atoms with E-state index in [1.807, 2.05) is 17.0 Å². The number of hydrogen-bond acceptors (Lipinski definition) is 4. The zero-order valence-electron chi connectivity index (χ0n) is 13.6. The summed E-state index contributed by atoms with van der Waals surface area (Å²) < 4.78 is 5.92. The van der Waals surface area contributed by atoms with Gasteiger partial charge in [0.2, 0.25) is 11.8 Å². The Morgan fingerprint density at radius 2 is 2.22 bits per heavy atom. The van der Waals surface area contributed by atoms with Gasteiger partial charge in [-0.25, -0.2) is 0 Å². The first-order valence-electron chi connectivity index (χ1n) is 8.42. The molecule has 0 spiro atoms. The zero-order chi connectivity index (χ0) is 16.2. The average Bonchev–Trinajstić information content (AvgIpc) is 3.10. The fourth-order valence-corrected chi connectivity index (χ4v) is 4.16. The molecule has 0 radical (unpaired) electrons. The third-order valence-electron chi connectivity index (χ3n) is 4.58. The van der Waals surface area contributed by atoms with Gasteiger partial charge in [-0.1, -0.05) is 19.8 Å². The molecule has 1 aromatic rings. The third kappa shape index (κ3) is 3.74. The summed E-state index contributed by atoms with van der Waals surface area (Å²) in [4.78, 5) is 28.2. The van der Waals surface area contributed by atoms with E-state index in [4.69, 9.17) is 4.42 Å². The minimum absolute atomic E-state index is 0.00987. The SMILES string of the molecule is CCc1ccc([C@H]2CCCCCN2C(=O)CN2CSCC2=O)o1. The van der Waals surface area contributed by atoms with Gasteiger partial charge in [0.05, 0.1) is 17.7 Å². The monoisotopic (exact) mass is 336 g/mol. The lowest BCUT2D eigenvalue weighted by Gasteiger charge is -2.30. The van der Waals surface area contributed by atoms with Gasteiger partial charge < -0.3 is 14.2 Å². The van der Waals surface area contributed by atoms with E-state index in [0.29, 0.717) is 11.6 Å². The van der Waals surface area contributed by atoms with E-state index in [1.165, 1.54) is 0 Å². The molecule has 126 valence electrons. The van der Waals surface area contributed by atoms with E-state index in [0.717, 1.165) is 50.2 Å². The molecule has 23 heavy (non-hydrogen) atoms. The molecule has 5 nitrogen and oxygen atoms in total. The zero-order valence-corrected chi connectivity index (χ0v) is 14.4. The van der Waals surface area contributed by atoms with Gasteiger partial charge in [0.25, 0.3) is 0 Å². The Morgan fingerprint density at radius 3 is 2.91 bits per heavy atom. The van der Waals surface area contributed by atoms with Crippen molar-refractivity contribution in [3.8, 4) is 0 Å². The highest BCUT2D eigenvalue weighted by Gasteiger charge is 2.31. The molecule has 2 aliphatic rings. The maximum Gasteiger partial charge on any atom is 0.242 e. The number of amides is 2. The van der Waals surface area contributed by atoms with Crippen molar-refractivity contribution in [1.29, 1.82) is 0 Å². The summed E-state index contributed by atoms with van der Waals surface area (Å²) in [6, 6.07) is 4.02. The first-order valence-corrected chi connectivity index (χ1v) is 9.58. The summed E-state index contributed by atoms with van der Waals surface area (Å²) in [6.45, 7) is 3.01. The van der Waals surface area contributed by atoms with Gasteiger partial charge in [-0.05, 0) is 25.0 Å². The van der Waals surface area contributed by atoms with Gasteiger partial charge in [0.1, 0.15) is 18.1 Å². The van der Waals surface area contributed by atoms with Crippen molar-refractivity contribution in [1.82, 2.24) is 9.80 Å². The fourth-order valence-electron chi connectivity index (χ4n) is 3.26. The molecule has 6 heteroatoms. The predicted molar refractivity (Wildman–Crippen MR) is 90.0 cm³/mol. The van der Waals surface area contributed by atoms with Crippen LogP contribution in [-0.4, -0.2) is 46.3 Å². The lowest BCUT2D eigenvalue weighted by Crippen LogP contribution is -2.42. The molecular weight excluding hydrogens is 312 g/mol. The third-order valence-corrected chi connectivity index (χ3v) is 5.53. The highest BCUT2D eigenvalue weighted by Crippen LogP contribution is 2.32. The van der Waals surface area contributed by atoms with Crippen molar-refractivity contribution in [3.63, 3.8) is 0 Å². The number of thioether (sulfide) groups is 1.